The Labute approximate surface area is 137 Å². The number of amides is 1. The maximum atomic E-state index is 12.4. The third-order valence-electron chi connectivity index (χ3n) is 3.69. The molecule has 0 spiro atoms. The normalized spacial score (nSPS) is 12.0. The molecule has 0 aliphatic rings. The Morgan fingerprint density at radius 2 is 1.88 bits per heavy atom. The van der Waals surface area contributed by atoms with Crippen LogP contribution in [0.5, 0.6) is 0 Å². The van der Waals surface area contributed by atoms with Crippen LogP contribution < -0.4 is 16.4 Å². The van der Waals surface area contributed by atoms with E-state index < -0.39 is 11.1 Å². The van der Waals surface area contributed by atoms with E-state index in [1.165, 1.54) is 0 Å². The summed E-state index contributed by atoms with van der Waals surface area (Å²) < 4.78 is 1.02. The minimum atomic E-state index is -0.411. The van der Waals surface area contributed by atoms with Crippen molar-refractivity contribution in [2.75, 3.05) is 0 Å². The molecule has 3 rings (SSSR count). The van der Waals surface area contributed by atoms with E-state index in [2.05, 4.69) is 15.4 Å². The van der Waals surface area contributed by atoms with Gasteiger partial charge in [0.1, 0.15) is 6.54 Å². The summed E-state index contributed by atoms with van der Waals surface area (Å²) in [6.45, 7) is 1.53. The monoisotopic (exact) mass is 324 g/mol. The Balaban J connectivity index is 1.82. The molecule has 1 amide bonds. The molecule has 0 aliphatic carbocycles. The van der Waals surface area contributed by atoms with Crippen LogP contribution in [0.2, 0.25) is 0 Å². The van der Waals surface area contributed by atoms with E-state index in [1.807, 2.05) is 6.07 Å². The molecule has 0 saturated carbocycles. The van der Waals surface area contributed by atoms with Gasteiger partial charge in [0.25, 0.3) is 11.1 Å². The van der Waals surface area contributed by atoms with Crippen LogP contribution in [0.1, 0.15) is 18.7 Å². The summed E-state index contributed by atoms with van der Waals surface area (Å²) >= 11 is 0. The number of nitrogens with one attached hydrogen (secondary N) is 2. The fourth-order valence-electron chi connectivity index (χ4n) is 2.49. The highest BCUT2D eigenvalue weighted by Crippen LogP contribution is 2.07. The molecule has 0 unspecified atom stereocenters. The lowest BCUT2D eigenvalue weighted by atomic mass is 10.2. The van der Waals surface area contributed by atoms with Gasteiger partial charge in [-0.05, 0) is 31.2 Å². The molecule has 2 heterocycles. The van der Waals surface area contributed by atoms with Gasteiger partial charge in [-0.25, -0.2) is 4.68 Å². The largest absolute Gasteiger partial charge is 0.346 e. The SMILES string of the molecule is C[C@@H](NC(=O)Cn1[nH]c(=O)c2ccccc2c1=O)c1ccccn1. The molecule has 3 aromatic rings. The van der Waals surface area contributed by atoms with Crippen molar-refractivity contribution in [3.63, 3.8) is 0 Å². The molecule has 1 aromatic carbocycles. The molecule has 2 N–H and O–H groups in total. The lowest BCUT2D eigenvalue weighted by Gasteiger charge is -2.14. The van der Waals surface area contributed by atoms with Crippen molar-refractivity contribution >= 4 is 16.7 Å². The topological polar surface area (TPSA) is 96.9 Å². The average Bonchev–Trinajstić information content (AvgIpc) is 2.60. The van der Waals surface area contributed by atoms with Crippen LogP contribution in [0, 0.1) is 0 Å². The number of pyridine rings is 1. The molecular formula is C17H16N4O3. The first-order chi connectivity index (χ1) is 11.6. The Morgan fingerprint density at radius 3 is 2.58 bits per heavy atom. The minimum Gasteiger partial charge on any atom is -0.346 e. The summed E-state index contributed by atoms with van der Waals surface area (Å²) in [4.78, 5) is 40.7. The second kappa shape index (κ2) is 6.49. The van der Waals surface area contributed by atoms with Gasteiger partial charge in [-0.15, -0.1) is 0 Å². The van der Waals surface area contributed by atoms with Crippen LogP contribution in [0.4, 0.5) is 0 Å². The van der Waals surface area contributed by atoms with Crippen LogP contribution in [0.25, 0.3) is 10.8 Å². The van der Waals surface area contributed by atoms with E-state index in [9.17, 15) is 14.4 Å². The fourth-order valence-corrected chi connectivity index (χ4v) is 2.49. The molecule has 2 aromatic heterocycles. The zero-order chi connectivity index (χ0) is 17.1. The number of fused-ring (bicyclic) bond motifs is 1. The molecule has 0 saturated heterocycles. The number of aromatic nitrogens is 3. The lowest BCUT2D eigenvalue weighted by molar-refractivity contribution is -0.122. The highest BCUT2D eigenvalue weighted by atomic mass is 16.2. The molecule has 0 aliphatic heterocycles. The van der Waals surface area contributed by atoms with Gasteiger partial charge in [-0.1, -0.05) is 18.2 Å². The molecule has 24 heavy (non-hydrogen) atoms. The van der Waals surface area contributed by atoms with E-state index in [0.717, 1.165) is 4.68 Å². The molecular weight excluding hydrogens is 308 g/mol. The second-order valence-corrected chi connectivity index (χ2v) is 5.42. The van der Waals surface area contributed by atoms with Crippen LogP contribution in [-0.4, -0.2) is 20.7 Å². The zero-order valence-electron chi connectivity index (χ0n) is 13.0. The predicted octanol–water partition coefficient (Wildman–Crippen LogP) is 0.962. The Morgan fingerprint density at radius 1 is 1.17 bits per heavy atom. The van der Waals surface area contributed by atoms with Crippen molar-refractivity contribution in [1.82, 2.24) is 20.1 Å². The number of hydrogen-bond donors (Lipinski definition) is 2. The molecule has 0 fully saturated rings. The summed E-state index contributed by atoms with van der Waals surface area (Å²) in [5, 5.41) is 5.78. The predicted molar refractivity (Wildman–Crippen MR) is 89.6 cm³/mol. The third kappa shape index (κ3) is 3.10. The first-order valence-corrected chi connectivity index (χ1v) is 7.48. The van der Waals surface area contributed by atoms with Crippen LogP contribution in [0.3, 0.4) is 0 Å². The van der Waals surface area contributed by atoms with Crippen LogP contribution >= 0.6 is 0 Å². The van der Waals surface area contributed by atoms with Gasteiger partial charge in [0, 0.05) is 6.20 Å². The number of aromatic amines is 1. The van der Waals surface area contributed by atoms with E-state index in [4.69, 9.17) is 0 Å². The maximum absolute atomic E-state index is 12.4. The van der Waals surface area contributed by atoms with Crippen molar-refractivity contribution in [2.24, 2.45) is 0 Å². The van der Waals surface area contributed by atoms with E-state index in [0.29, 0.717) is 11.1 Å². The first-order valence-electron chi connectivity index (χ1n) is 7.48. The van der Waals surface area contributed by atoms with E-state index in [1.54, 1.807) is 49.5 Å². The molecule has 7 heteroatoms. The number of hydrogen-bond acceptors (Lipinski definition) is 4. The van der Waals surface area contributed by atoms with Crippen molar-refractivity contribution in [3.05, 3.63) is 75.1 Å². The van der Waals surface area contributed by atoms with Gasteiger partial charge in [0.05, 0.1) is 22.5 Å². The first kappa shape index (κ1) is 15.7. The van der Waals surface area contributed by atoms with Gasteiger partial charge in [0.2, 0.25) is 5.91 Å². The molecule has 0 radical (unpaired) electrons. The van der Waals surface area contributed by atoms with Gasteiger partial charge in [-0.2, -0.15) is 0 Å². The van der Waals surface area contributed by atoms with Gasteiger partial charge in [-0.3, -0.25) is 24.5 Å². The Hall–Kier alpha value is -3.22. The fraction of sp³-hybridized carbons (Fsp3) is 0.176. The highest BCUT2D eigenvalue weighted by Gasteiger charge is 2.13. The van der Waals surface area contributed by atoms with Crippen molar-refractivity contribution in [2.45, 2.75) is 19.5 Å². The summed E-state index contributed by atoms with van der Waals surface area (Å²) in [6, 6.07) is 11.6. The van der Waals surface area contributed by atoms with Crippen molar-refractivity contribution < 1.29 is 4.79 Å². The Kier molecular flexibility index (Phi) is 4.24. The third-order valence-corrected chi connectivity index (χ3v) is 3.69. The van der Waals surface area contributed by atoms with Gasteiger partial charge >= 0.3 is 0 Å². The number of benzene rings is 1. The number of carbonyl (C=O) groups is 1. The lowest BCUT2D eigenvalue weighted by Crippen LogP contribution is -2.37. The summed E-state index contributed by atoms with van der Waals surface area (Å²) in [7, 11) is 0. The van der Waals surface area contributed by atoms with Crippen LogP contribution in [-0.2, 0) is 11.3 Å². The summed E-state index contributed by atoms with van der Waals surface area (Å²) in [5.74, 6) is -0.388. The van der Waals surface area contributed by atoms with E-state index >= 15 is 0 Å². The summed E-state index contributed by atoms with van der Waals surface area (Å²) in [6.07, 6.45) is 1.64. The number of carbonyl (C=O) groups excluding carboxylic acids is 1. The highest BCUT2D eigenvalue weighted by molar-refractivity contribution is 5.81. The van der Waals surface area contributed by atoms with E-state index in [-0.39, 0.29) is 23.9 Å². The van der Waals surface area contributed by atoms with Crippen LogP contribution in [0.15, 0.2) is 58.3 Å². The average molecular weight is 324 g/mol. The molecule has 1 atom stereocenters. The maximum Gasteiger partial charge on any atom is 0.273 e. The van der Waals surface area contributed by atoms with Gasteiger partial charge < -0.3 is 5.32 Å². The van der Waals surface area contributed by atoms with Crippen molar-refractivity contribution in [3.8, 4) is 0 Å². The molecule has 122 valence electrons. The smallest absolute Gasteiger partial charge is 0.273 e. The van der Waals surface area contributed by atoms with Crippen molar-refractivity contribution in [1.29, 1.82) is 0 Å². The zero-order valence-corrected chi connectivity index (χ0v) is 13.0. The molecule has 0 bridgehead atoms. The summed E-state index contributed by atoms with van der Waals surface area (Å²) in [5.41, 5.74) is -0.105. The van der Waals surface area contributed by atoms with Gasteiger partial charge in [0.15, 0.2) is 0 Å². The number of rotatable bonds is 4. The second-order valence-electron chi connectivity index (χ2n) is 5.42. The molecule has 7 nitrogen and oxygen atoms in total. The Bertz CT molecular complexity index is 992. The number of H-pyrrole nitrogens is 1. The number of nitrogens with zero attached hydrogens (tertiary/aromatic N) is 2. The minimum absolute atomic E-state index is 0.268. The quantitative estimate of drug-likeness (QED) is 0.747. The standard InChI is InChI=1S/C17H16N4O3/c1-11(14-8-4-5-9-18-14)19-15(22)10-21-17(24)13-7-3-2-6-12(13)16(23)20-21/h2-9,11H,10H2,1H3,(H,19,22)(H,20,23)/t11-/m1/s1.